The van der Waals surface area contributed by atoms with Crippen molar-refractivity contribution in [3.63, 3.8) is 0 Å². The fraction of sp³-hybridized carbons (Fsp3) is 0.571. The van der Waals surface area contributed by atoms with E-state index in [2.05, 4.69) is 31.4 Å². The highest BCUT2D eigenvalue weighted by Crippen LogP contribution is 2.15. The monoisotopic (exact) mass is 272 g/mol. The summed E-state index contributed by atoms with van der Waals surface area (Å²) in [6.07, 6.45) is 1.05. The fourth-order valence-corrected chi connectivity index (χ4v) is 1.68. The molecule has 4 heteroatoms. The van der Waals surface area contributed by atoms with Gasteiger partial charge in [-0.25, -0.2) is 4.39 Å². The number of hydrogen-bond acceptors (Lipinski definition) is 2. The summed E-state index contributed by atoms with van der Waals surface area (Å²) in [6.45, 7) is 9.01. The number of rotatable bonds is 6. The molecule has 0 atom stereocenters. The number of benzene rings is 1. The van der Waals surface area contributed by atoms with Crippen LogP contribution in [0.2, 0.25) is 5.02 Å². The van der Waals surface area contributed by atoms with Crippen molar-refractivity contribution in [3.8, 4) is 0 Å². The van der Waals surface area contributed by atoms with Crippen molar-refractivity contribution >= 4 is 11.6 Å². The number of nitrogens with one attached hydrogen (secondary N) is 2. The van der Waals surface area contributed by atoms with Crippen LogP contribution in [0.4, 0.5) is 4.39 Å². The van der Waals surface area contributed by atoms with Gasteiger partial charge in [0.15, 0.2) is 0 Å². The summed E-state index contributed by atoms with van der Waals surface area (Å²) in [7, 11) is 0. The van der Waals surface area contributed by atoms with Crippen LogP contribution in [0.25, 0.3) is 0 Å². The molecule has 0 aliphatic rings. The van der Waals surface area contributed by atoms with Gasteiger partial charge in [-0.2, -0.15) is 0 Å². The van der Waals surface area contributed by atoms with E-state index in [-0.39, 0.29) is 16.4 Å². The van der Waals surface area contributed by atoms with Gasteiger partial charge in [0.25, 0.3) is 0 Å². The zero-order chi connectivity index (χ0) is 13.6. The second-order valence-electron chi connectivity index (χ2n) is 5.46. The molecule has 102 valence electrons. The van der Waals surface area contributed by atoms with Crippen LogP contribution in [0.3, 0.4) is 0 Å². The largest absolute Gasteiger partial charge is 0.313 e. The lowest BCUT2D eigenvalue weighted by Gasteiger charge is -2.20. The first-order valence-electron chi connectivity index (χ1n) is 6.28. The van der Waals surface area contributed by atoms with Gasteiger partial charge in [0, 0.05) is 12.1 Å². The highest BCUT2D eigenvalue weighted by atomic mass is 35.5. The molecule has 0 spiro atoms. The van der Waals surface area contributed by atoms with E-state index in [9.17, 15) is 4.39 Å². The zero-order valence-electron chi connectivity index (χ0n) is 11.3. The van der Waals surface area contributed by atoms with Crippen LogP contribution in [-0.4, -0.2) is 18.6 Å². The molecular formula is C14H22ClFN2. The van der Waals surface area contributed by atoms with Crippen molar-refractivity contribution in [2.75, 3.05) is 13.1 Å². The standard InChI is InChI=1S/C14H22ClFN2/c1-14(2,3)18-8-4-7-17-10-11-5-6-12(15)13(16)9-11/h5-6,9,17-18H,4,7-8,10H2,1-3H3. The van der Waals surface area contributed by atoms with Crippen molar-refractivity contribution in [1.82, 2.24) is 10.6 Å². The second-order valence-corrected chi connectivity index (χ2v) is 5.86. The van der Waals surface area contributed by atoms with Crippen LogP contribution in [0.5, 0.6) is 0 Å². The third-order valence-electron chi connectivity index (χ3n) is 2.50. The molecule has 0 aliphatic carbocycles. The molecule has 0 amide bonds. The molecule has 2 N–H and O–H groups in total. The third-order valence-corrected chi connectivity index (χ3v) is 2.81. The SMILES string of the molecule is CC(C)(C)NCCCNCc1ccc(Cl)c(F)c1. The smallest absolute Gasteiger partial charge is 0.142 e. The summed E-state index contributed by atoms with van der Waals surface area (Å²) in [5.41, 5.74) is 1.08. The second kappa shape index (κ2) is 7.07. The average Bonchev–Trinajstić information content (AvgIpc) is 2.26. The predicted molar refractivity (Wildman–Crippen MR) is 75.5 cm³/mol. The Bertz CT molecular complexity index is 375. The van der Waals surface area contributed by atoms with Gasteiger partial charge in [-0.1, -0.05) is 17.7 Å². The molecule has 1 aromatic rings. The quantitative estimate of drug-likeness (QED) is 0.776. The van der Waals surface area contributed by atoms with E-state index in [1.165, 1.54) is 6.07 Å². The van der Waals surface area contributed by atoms with Gasteiger partial charge in [-0.05, 0) is 58.0 Å². The Kier molecular flexibility index (Phi) is 6.06. The summed E-state index contributed by atoms with van der Waals surface area (Å²) < 4.78 is 13.2. The first-order chi connectivity index (χ1) is 8.38. The maximum absolute atomic E-state index is 13.2. The molecule has 0 aliphatic heterocycles. The Hall–Kier alpha value is -0.640. The first kappa shape index (κ1) is 15.4. The Morgan fingerprint density at radius 2 is 1.94 bits per heavy atom. The van der Waals surface area contributed by atoms with Crippen LogP contribution in [0.15, 0.2) is 18.2 Å². The lowest BCUT2D eigenvalue weighted by Crippen LogP contribution is -2.37. The minimum absolute atomic E-state index is 0.166. The Balaban J connectivity index is 2.16. The fourth-order valence-electron chi connectivity index (χ4n) is 1.56. The van der Waals surface area contributed by atoms with Crippen LogP contribution < -0.4 is 10.6 Å². The van der Waals surface area contributed by atoms with E-state index in [0.717, 1.165) is 25.1 Å². The molecule has 0 aromatic heterocycles. The van der Waals surface area contributed by atoms with E-state index in [1.54, 1.807) is 6.07 Å². The Morgan fingerprint density at radius 3 is 2.56 bits per heavy atom. The lowest BCUT2D eigenvalue weighted by molar-refractivity contribution is 0.418. The molecular weight excluding hydrogens is 251 g/mol. The maximum Gasteiger partial charge on any atom is 0.142 e. The molecule has 1 rings (SSSR count). The number of halogens is 2. The van der Waals surface area contributed by atoms with Crippen LogP contribution in [-0.2, 0) is 6.54 Å². The lowest BCUT2D eigenvalue weighted by atomic mass is 10.1. The van der Waals surface area contributed by atoms with Crippen LogP contribution >= 0.6 is 11.6 Å². The normalized spacial score (nSPS) is 11.8. The van der Waals surface area contributed by atoms with E-state index in [0.29, 0.717) is 6.54 Å². The van der Waals surface area contributed by atoms with Crippen LogP contribution in [0.1, 0.15) is 32.8 Å². The molecule has 1 aromatic carbocycles. The Morgan fingerprint density at radius 1 is 1.22 bits per heavy atom. The van der Waals surface area contributed by atoms with Crippen molar-refractivity contribution in [3.05, 3.63) is 34.6 Å². The van der Waals surface area contributed by atoms with Gasteiger partial charge in [0.2, 0.25) is 0 Å². The van der Waals surface area contributed by atoms with Crippen molar-refractivity contribution in [1.29, 1.82) is 0 Å². The molecule has 0 unspecified atom stereocenters. The molecule has 0 saturated heterocycles. The molecule has 0 bridgehead atoms. The van der Waals surface area contributed by atoms with E-state index >= 15 is 0 Å². The molecule has 0 heterocycles. The minimum atomic E-state index is -0.356. The summed E-state index contributed by atoms with van der Waals surface area (Å²) in [5.74, 6) is -0.356. The molecule has 0 saturated carbocycles. The van der Waals surface area contributed by atoms with Gasteiger partial charge in [-0.3, -0.25) is 0 Å². The third kappa shape index (κ3) is 6.34. The van der Waals surface area contributed by atoms with Gasteiger partial charge >= 0.3 is 0 Å². The summed E-state index contributed by atoms with van der Waals surface area (Å²) in [4.78, 5) is 0. The summed E-state index contributed by atoms with van der Waals surface area (Å²) in [5, 5.41) is 6.88. The van der Waals surface area contributed by atoms with Gasteiger partial charge < -0.3 is 10.6 Å². The van der Waals surface area contributed by atoms with Gasteiger partial charge in [-0.15, -0.1) is 0 Å². The van der Waals surface area contributed by atoms with E-state index in [1.807, 2.05) is 6.07 Å². The van der Waals surface area contributed by atoms with E-state index in [4.69, 9.17) is 11.6 Å². The highest BCUT2D eigenvalue weighted by Gasteiger charge is 2.06. The van der Waals surface area contributed by atoms with Gasteiger partial charge in [0.05, 0.1) is 5.02 Å². The molecule has 18 heavy (non-hydrogen) atoms. The van der Waals surface area contributed by atoms with Crippen molar-refractivity contribution in [2.45, 2.75) is 39.3 Å². The Labute approximate surface area is 114 Å². The summed E-state index contributed by atoms with van der Waals surface area (Å²) in [6, 6.07) is 4.91. The molecule has 0 fully saturated rings. The van der Waals surface area contributed by atoms with Crippen LogP contribution in [0, 0.1) is 5.82 Å². The predicted octanol–water partition coefficient (Wildman–Crippen LogP) is 3.35. The van der Waals surface area contributed by atoms with Crippen molar-refractivity contribution in [2.24, 2.45) is 0 Å². The van der Waals surface area contributed by atoms with Crippen molar-refractivity contribution < 1.29 is 4.39 Å². The molecule has 2 nitrogen and oxygen atoms in total. The zero-order valence-corrected chi connectivity index (χ0v) is 12.1. The summed E-state index contributed by atoms with van der Waals surface area (Å²) >= 11 is 5.62. The van der Waals surface area contributed by atoms with E-state index < -0.39 is 0 Å². The minimum Gasteiger partial charge on any atom is -0.313 e. The maximum atomic E-state index is 13.2. The topological polar surface area (TPSA) is 24.1 Å². The van der Waals surface area contributed by atoms with Gasteiger partial charge in [0.1, 0.15) is 5.82 Å². The molecule has 0 radical (unpaired) electrons. The average molecular weight is 273 g/mol. The highest BCUT2D eigenvalue weighted by molar-refractivity contribution is 6.30. The number of hydrogen-bond donors (Lipinski definition) is 2. The first-order valence-corrected chi connectivity index (χ1v) is 6.66.